The van der Waals surface area contributed by atoms with Crippen LogP contribution < -0.4 is 10.1 Å². The van der Waals surface area contributed by atoms with Gasteiger partial charge in [0, 0.05) is 25.1 Å². The van der Waals surface area contributed by atoms with Crippen LogP contribution in [-0.4, -0.2) is 30.6 Å². The van der Waals surface area contributed by atoms with Crippen LogP contribution in [0, 0.1) is 5.92 Å². The summed E-state index contributed by atoms with van der Waals surface area (Å²) in [5.41, 5.74) is -1.14. The van der Waals surface area contributed by atoms with E-state index >= 15 is 0 Å². The normalized spacial score (nSPS) is 21.5. The molecule has 1 saturated heterocycles. The maximum absolute atomic E-state index is 13.1. The first-order valence-corrected chi connectivity index (χ1v) is 6.01. The molecular weight excluding hydrogens is 319 g/mol. The second kappa shape index (κ2) is 6.74. The van der Waals surface area contributed by atoms with Crippen molar-refractivity contribution in [1.29, 1.82) is 0 Å². The lowest BCUT2D eigenvalue weighted by Crippen LogP contribution is -2.45. The molecule has 0 saturated carbocycles. The molecule has 0 spiro atoms. The van der Waals surface area contributed by atoms with Gasteiger partial charge in [0.1, 0.15) is 5.75 Å². The Labute approximate surface area is 124 Å². The van der Waals surface area contributed by atoms with Crippen LogP contribution in [0.15, 0.2) is 18.3 Å². The van der Waals surface area contributed by atoms with Crippen molar-refractivity contribution < 1.29 is 26.7 Å². The summed E-state index contributed by atoms with van der Waals surface area (Å²) in [4.78, 5) is 3.23. The van der Waals surface area contributed by atoms with Crippen molar-refractivity contribution in [3.05, 3.63) is 24.0 Å². The van der Waals surface area contributed by atoms with Crippen molar-refractivity contribution >= 4 is 12.4 Å². The molecule has 1 aliphatic rings. The first kappa shape index (κ1) is 17.9. The number of aromatic nitrogens is 1. The minimum absolute atomic E-state index is 0. The van der Waals surface area contributed by atoms with Crippen molar-refractivity contribution in [2.45, 2.75) is 18.5 Å². The SMILES string of the molecule is Cl.FC1(F)CNCC(COc2cccnc2C(F)(F)F)C1. The molecule has 1 aliphatic heterocycles. The van der Waals surface area contributed by atoms with Gasteiger partial charge in [0.05, 0.1) is 13.2 Å². The van der Waals surface area contributed by atoms with Gasteiger partial charge >= 0.3 is 6.18 Å². The van der Waals surface area contributed by atoms with Crippen molar-refractivity contribution in [3.8, 4) is 5.75 Å². The predicted octanol–water partition coefficient (Wildman–Crippen LogP) is 3.15. The number of nitrogens with one attached hydrogen (secondary N) is 1. The number of ether oxygens (including phenoxy) is 1. The molecule has 0 aromatic carbocycles. The van der Waals surface area contributed by atoms with E-state index in [-0.39, 0.29) is 25.6 Å². The molecule has 0 radical (unpaired) electrons. The van der Waals surface area contributed by atoms with E-state index in [9.17, 15) is 22.0 Å². The molecule has 0 aliphatic carbocycles. The number of pyridine rings is 1. The van der Waals surface area contributed by atoms with Gasteiger partial charge in [-0.15, -0.1) is 12.4 Å². The molecule has 0 amide bonds. The molecule has 1 atom stereocenters. The Morgan fingerprint density at radius 3 is 2.71 bits per heavy atom. The first-order valence-electron chi connectivity index (χ1n) is 6.01. The summed E-state index contributed by atoms with van der Waals surface area (Å²) >= 11 is 0. The van der Waals surface area contributed by atoms with Crippen molar-refractivity contribution in [2.75, 3.05) is 19.7 Å². The van der Waals surface area contributed by atoms with E-state index in [2.05, 4.69) is 10.3 Å². The van der Waals surface area contributed by atoms with E-state index in [0.29, 0.717) is 0 Å². The zero-order valence-electron chi connectivity index (χ0n) is 10.8. The van der Waals surface area contributed by atoms with Crippen LogP contribution in [0.3, 0.4) is 0 Å². The van der Waals surface area contributed by atoms with Crippen LogP contribution in [0.4, 0.5) is 22.0 Å². The van der Waals surface area contributed by atoms with Crippen molar-refractivity contribution in [1.82, 2.24) is 10.3 Å². The fourth-order valence-corrected chi connectivity index (χ4v) is 2.07. The summed E-state index contributed by atoms with van der Waals surface area (Å²) in [7, 11) is 0. The summed E-state index contributed by atoms with van der Waals surface area (Å²) in [5.74, 6) is -3.83. The molecule has 1 aromatic rings. The highest BCUT2D eigenvalue weighted by atomic mass is 35.5. The van der Waals surface area contributed by atoms with Gasteiger partial charge in [0.25, 0.3) is 5.92 Å². The second-order valence-corrected chi connectivity index (χ2v) is 4.72. The minimum Gasteiger partial charge on any atom is -0.491 e. The Balaban J connectivity index is 0.00000220. The topological polar surface area (TPSA) is 34.1 Å². The quantitative estimate of drug-likeness (QED) is 0.864. The van der Waals surface area contributed by atoms with E-state index in [1.54, 1.807) is 0 Å². The van der Waals surface area contributed by atoms with Crippen LogP contribution >= 0.6 is 12.4 Å². The Kier molecular flexibility index (Phi) is 5.75. The highest BCUT2D eigenvalue weighted by Crippen LogP contribution is 2.34. The number of hydrogen-bond donors (Lipinski definition) is 1. The lowest BCUT2D eigenvalue weighted by Gasteiger charge is -2.29. The summed E-state index contributed by atoms with van der Waals surface area (Å²) < 4.78 is 69.3. The van der Waals surface area contributed by atoms with E-state index < -0.39 is 42.4 Å². The second-order valence-electron chi connectivity index (χ2n) is 4.72. The number of halogens is 6. The van der Waals surface area contributed by atoms with Crippen molar-refractivity contribution in [2.24, 2.45) is 5.92 Å². The number of alkyl halides is 5. The van der Waals surface area contributed by atoms with Gasteiger partial charge in [0.15, 0.2) is 5.69 Å². The molecule has 2 heterocycles. The highest BCUT2D eigenvalue weighted by Gasteiger charge is 2.38. The minimum atomic E-state index is -4.63. The largest absolute Gasteiger partial charge is 0.491 e. The van der Waals surface area contributed by atoms with Gasteiger partial charge in [0.2, 0.25) is 0 Å². The molecule has 120 valence electrons. The highest BCUT2D eigenvalue weighted by molar-refractivity contribution is 5.85. The Hall–Kier alpha value is -1.15. The lowest BCUT2D eigenvalue weighted by molar-refractivity contribution is -0.142. The number of piperidine rings is 1. The third kappa shape index (κ3) is 4.96. The maximum Gasteiger partial charge on any atom is 0.437 e. The molecule has 3 nitrogen and oxygen atoms in total. The number of rotatable bonds is 3. The van der Waals surface area contributed by atoms with Crippen LogP contribution in [-0.2, 0) is 6.18 Å². The lowest BCUT2D eigenvalue weighted by atomic mass is 9.98. The zero-order valence-corrected chi connectivity index (χ0v) is 11.6. The van der Waals surface area contributed by atoms with Gasteiger partial charge in [-0.05, 0) is 12.1 Å². The van der Waals surface area contributed by atoms with Crippen LogP contribution in [0.1, 0.15) is 12.1 Å². The first-order chi connectivity index (χ1) is 9.28. The molecule has 1 aromatic heterocycles. The van der Waals surface area contributed by atoms with Crippen LogP contribution in [0.5, 0.6) is 5.75 Å². The summed E-state index contributed by atoms with van der Waals surface area (Å²) in [6, 6.07) is 2.43. The van der Waals surface area contributed by atoms with Gasteiger partial charge in [-0.1, -0.05) is 0 Å². The maximum atomic E-state index is 13.1. The Morgan fingerprint density at radius 2 is 2.10 bits per heavy atom. The summed E-state index contributed by atoms with van der Waals surface area (Å²) in [6.45, 7) is -0.335. The molecule has 1 unspecified atom stereocenters. The Morgan fingerprint density at radius 1 is 1.38 bits per heavy atom. The van der Waals surface area contributed by atoms with E-state index in [4.69, 9.17) is 4.74 Å². The molecule has 0 bridgehead atoms. The average Bonchev–Trinajstić information content (AvgIpc) is 2.34. The van der Waals surface area contributed by atoms with Gasteiger partial charge < -0.3 is 10.1 Å². The van der Waals surface area contributed by atoms with E-state index in [1.165, 1.54) is 6.07 Å². The van der Waals surface area contributed by atoms with E-state index in [0.717, 1.165) is 12.3 Å². The predicted molar refractivity (Wildman–Crippen MR) is 67.9 cm³/mol. The van der Waals surface area contributed by atoms with E-state index in [1.807, 2.05) is 0 Å². The summed E-state index contributed by atoms with van der Waals surface area (Å²) in [5, 5.41) is 2.54. The molecular formula is C12H14ClF5N2O. The van der Waals surface area contributed by atoms with Gasteiger partial charge in [-0.3, -0.25) is 0 Å². The smallest absolute Gasteiger partial charge is 0.437 e. The molecule has 2 rings (SSSR count). The Bertz CT molecular complexity index is 469. The average molecular weight is 333 g/mol. The third-order valence-corrected chi connectivity index (χ3v) is 2.92. The van der Waals surface area contributed by atoms with Crippen LogP contribution in [0.25, 0.3) is 0 Å². The molecule has 21 heavy (non-hydrogen) atoms. The summed E-state index contributed by atoms with van der Waals surface area (Å²) in [6.07, 6.45) is -4.03. The molecule has 1 N–H and O–H groups in total. The number of nitrogens with zero attached hydrogens (tertiary/aromatic N) is 1. The van der Waals surface area contributed by atoms with Gasteiger partial charge in [-0.2, -0.15) is 13.2 Å². The fraction of sp³-hybridized carbons (Fsp3) is 0.583. The third-order valence-electron chi connectivity index (χ3n) is 2.92. The monoisotopic (exact) mass is 332 g/mol. The van der Waals surface area contributed by atoms with Gasteiger partial charge in [-0.25, -0.2) is 13.8 Å². The fourth-order valence-electron chi connectivity index (χ4n) is 2.07. The standard InChI is InChI=1S/C12H13F5N2O.ClH/c13-11(14)4-8(5-18-7-11)6-20-9-2-1-3-19-10(9)12(15,16)17;/h1-3,8,18H,4-7H2;1H. The van der Waals surface area contributed by atoms with Crippen molar-refractivity contribution in [3.63, 3.8) is 0 Å². The zero-order chi connectivity index (χ0) is 14.8. The molecule has 1 fully saturated rings. The van der Waals surface area contributed by atoms with Crippen LogP contribution in [0.2, 0.25) is 0 Å². The molecule has 9 heteroatoms. The number of hydrogen-bond acceptors (Lipinski definition) is 3.